The second kappa shape index (κ2) is 6.53. The molecule has 1 aliphatic heterocycles. The number of hydrogen-bond donors (Lipinski definition) is 1. The van der Waals surface area contributed by atoms with E-state index in [0.717, 1.165) is 13.1 Å². The molecule has 0 aromatic rings. The molecule has 1 saturated heterocycles. The molecule has 2 N–H and O–H groups in total. The van der Waals surface area contributed by atoms with Crippen LogP contribution in [-0.2, 0) is 4.79 Å². The van der Waals surface area contributed by atoms with E-state index >= 15 is 0 Å². The van der Waals surface area contributed by atoms with Crippen LogP contribution in [0.1, 0.15) is 40.5 Å². The molecule has 4 nitrogen and oxygen atoms in total. The highest BCUT2D eigenvalue weighted by Crippen LogP contribution is 2.18. The average Bonchev–Trinajstić information content (AvgIpc) is 2.69. The zero-order valence-corrected chi connectivity index (χ0v) is 12.5. The number of carbonyl (C=O) groups is 1. The highest BCUT2D eigenvalue weighted by atomic mass is 16.2. The second-order valence-corrected chi connectivity index (χ2v) is 6.13. The van der Waals surface area contributed by atoms with Crippen molar-refractivity contribution in [1.29, 1.82) is 0 Å². The fourth-order valence-corrected chi connectivity index (χ4v) is 2.47. The van der Waals surface area contributed by atoms with Crippen molar-refractivity contribution in [3.8, 4) is 0 Å². The van der Waals surface area contributed by atoms with Gasteiger partial charge < -0.3 is 15.5 Å². The van der Waals surface area contributed by atoms with Crippen molar-refractivity contribution in [2.45, 2.75) is 58.7 Å². The highest BCUT2D eigenvalue weighted by molar-refractivity contribution is 5.82. The van der Waals surface area contributed by atoms with Gasteiger partial charge in [0.2, 0.25) is 5.91 Å². The molecule has 4 heteroatoms. The van der Waals surface area contributed by atoms with Crippen LogP contribution in [0, 0.1) is 5.92 Å². The van der Waals surface area contributed by atoms with Crippen molar-refractivity contribution in [3.05, 3.63) is 0 Å². The van der Waals surface area contributed by atoms with Crippen LogP contribution < -0.4 is 5.73 Å². The van der Waals surface area contributed by atoms with Crippen LogP contribution in [0.25, 0.3) is 0 Å². The summed E-state index contributed by atoms with van der Waals surface area (Å²) in [5, 5.41) is 0. The number of likely N-dealkylation sites (tertiary alicyclic amines) is 1. The first kappa shape index (κ1) is 15.4. The summed E-state index contributed by atoms with van der Waals surface area (Å²) in [7, 11) is 2.14. The van der Waals surface area contributed by atoms with Crippen LogP contribution in [0.15, 0.2) is 0 Å². The molecule has 18 heavy (non-hydrogen) atoms. The number of carbonyl (C=O) groups excluding carboxylic acids is 1. The zero-order valence-electron chi connectivity index (χ0n) is 12.5. The number of likely N-dealkylation sites (N-methyl/N-ethyl adjacent to an activating group) is 1. The largest absolute Gasteiger partial charge is 0.337 e. The molecule has 1 rings (SSSR count). The van der Waals surface area contributed by atoms with Gasteiger partial charge in [-0.3, -0.25) is 4.79 Å². The quantitative estimate of drug-likeness (QED) is 0.805. The lowest BCUT2D eigenvalue weighted by atomic mass is 10.0. The number of nitrogens with two attached hydrogens (primary N) is 1. The summed E-state index contributed by atoms with van der Waals surface area (Å²) in [6, 6.07) is 0.339. The van der Waals surface area contributed by atoms with Crippen molar-refractivity contribution in [2.24, 2.45) is 11.7 Å². The molecule has 1 fully saturated rings. The minimum atomic E-state index is -0.376. The van der Waals surface area contributed by atoms with Crippen molar-refractivity contribution < 1.29 is 4.79 Å². The van der Waals surface area contributed by atoms with Crippen molar-refractivity contribution >= 4 is 5.91 Å². The van der Waals surface area contributed by atoms with Gasteiger partial charge in [-0.25, -0.2) is 0 Å². The van der Waals surface area contributed by atoms with E-state index in [1.54, 1.807) is 0 Å². The van der Waals surface area contributed by atoms with E-state index in [1.807, 2.05) is 18.7 Å². The average molecular weight is 255 g/mol. The van der Waals surface area contributed by atoms with E-state index in [4.69, 9.17) is 5.73 Å². The molecule has 1 heterocycles. The lowest BCUT2D eigenvalue weighted by Crippen LogP contribution is -2.52. The molecule has 0 spiro atoms. The molecule has 0 aromatic heterocycles. The Balaban J connectivity index is 2.67. The van der Waals surface area contributed by atoms with E-state index in [0.29, 0.717) is 6.04 Å². The van der Waals surface area contributed by atoms with Gasteiger partial charge in [0.05, 0.1) is 6.04 Å². The van der Waals surface area contributed by atoms with Gasteiger partial charge in [-0.15, -0.1) is 0 Å². The normalized spacial score (nSPS) is 22.8. The Hall–Kier alpha value is -0.610. The number of nitrogens with zero attached hydrogens (tertiary/aromatic N) is 2. The predicted molar refractivity (Wildman–Crippen MR) is 75.3 cm³/mol. The molecule has 2 atom stereocenters. The molecular formula is C14H29N3O. The molecule has 106 valence electrons. The third kappa shape index (κ3) is 3.69. The molecule has 0 aliphatic carbocycles. The molecule has 0 saturated carbocycles. The number of rotatable bonds is 5. The lowest BCUT2D eigenvalue weighted by molar-refractivity contribution is -0.136. The van der Waals surface area contributed by atoms with E-state index in [9.17, 15) is 4.79 Å². The maximum atomic E-state index is 12.4. The topological polar surface area (TPSA) is 49.6 Å². The van der Waals surface area contributed by atoms with E-state index in [-0.39, 0.29) is 23.9 Å². The lowest BCUT2D eigenvalue weighted by Gasteiger charge is -2.34. The van der Waals surface area contributed by atoms with E-state index in [2.05, 4.69) is 25.8 Å². The minimum Gasteiger partial charge on any atom is -0.337 e. The van der Waals surface area contributed by atoms with Crippen molar-refractivity contribution in [1.82, 2.24) is 9.80 Å². The minimum absolute atomic E-state index is 0.0975. The fourth-order valence-electron chi connectivity index (χ4n) is 2.47. The van der Waals surface area contributed by atoms with Crippen LogP contribution in [0.4, 0.5) is 0 Å². The zero-order chi connectivity index (χ0) is 13.9. The summed E-state index contributed by atoms with van der Waals surface area (Å²) in [6.07, 6.45) is 2.42. The Labute approximate surface area is 111 Å². The van der Waals surface area contributed by atoms with Gasteiger partial charge in [0, 0.05) is 18.6 Å². The fraction of sp³-hybridized carbons (Fsp3) is 0.929. The monoisotopic (exact) mass is 255 g/mol. The first-order chi connectivity index (χ1) is 8.34. The Morgan fingerprint density at radius 3 is 2.39 bits per heavy atom. The molecule has 0 aromatic carbocycles. The predicted octanol–water partition coefficient (Wildman–Crippen LogP) is 1.30. The van der Waals surface area contributed by atoms with Crippen LogP contribution in [0.2, 0.25) is 0 Å². The van der Waals surface area contributed by atoms with Gasteiger partial charge >= 0.3 is 0 Å². The first-order valence-corrected chi connectivity index (χ1v) is 7.11. The Kier molecular flexibility index (Phi) is 5.60. The molecular weight excluding hydrogens is 226 g/mol. The standard InChI is InChI=1S/C14H29N3O/c1-10(2)13(15)14(18)17(11(3)4)9-12-7-6-8-16(12)5/h10-13H,6-9,15H2,1-5H3/t12-,13+/m1/s1. The molecule has 1 amide bonds. The summed E-state index contributed by atoms with van der Waals surface area (Å²) >= 11 is 0. The second-order valence-electron chi connectivity index (χ2n) is 6.13. The third-order valence-corrected chi connectivity index (χ3v) is 3.99. The van der Waals surface area contributed by atoms with Crippen LogP contribution >= 0.6 is 0 Å². The summed E-state index contributed by atoms with van der Waals surface area (Å²) in [5.74, 6) is 0.292. The Morgan fingerprint density at radius 2 is 2.00 bits per heavy atom. The van der Waals surface area contributed by atoms with Crippen LogP contribution in [0.3, 0.4) is 0 Å². The number of amides is 1. The summed E-state index contributed by atoms with van der Waals surface area (Å²) < 4.78 is 0. The first-order valence-electron chi connectivity index (χ1n) is 7.11. The van der Waals surface area contributed by atoms with Crippen molar-refractivity contribution in [2.75, 3.05) is 20.1 Å². The van der Waals surface area contributed by atoms with Crippen LogP contribution in [0.5, 0.6) is 0 Å². The molecule has 0 radical (unpaired) electrons. The third-order valence-electron chi connectivity index (χ3n) is 3.99. The molecule has 0 unspecified atom stereocenters. The summed E-state index contributed by atoms with van der Waals surface area (Å²) in [6.45, 7) is 10.1. The van der Waals surface area contributed by atoms with Gasteiger partial charge in [0.15, 0.2) is 0 Å². The molecule has 1 aliphatic rings. The highest BCUT2D eigenvalue weighted by Gasteiger charge is 2.30. The molecule has 0 bridgehead atoms. The Bertz CT molecular complexity index is 278. The van der Waals surface area contributed by atoms with Crippen LogP contribution in [-0.4, -0.2) is 54.0 Å². The van der Waals surface area contributed by atoms with Gasteiger partial charge in [0.1, 0.15) is 0 Å². The Morgan fingerprint density at radius 1 is 1.39 bits per heavy atom. The summed E-state index contributed by atoms with van der Waals surface area (Å²) in [5.41, 5.74) is 6.00. The van der Waals surface area contributed by atoms with Gasteiger partial charge in [0.25, 0.3) is 0 Å². The number of hydrogen-bond acceptors (Lipinski definition) is 3. The van der Waals surface area contributed by atoms with Gasteiger partial charge in [-0.1, -0.05) is 13.8 Å². The van der Waals surface area contributed by atoms with Crippen molar-refractivity contribution in [3.63, 3.8) is 0 Å². The van der Waals surface area contributed by atoms with E-state index < -0.39 is 0 Å². The smallest absolute Gasteiger partial charge is 0.240 e. The van der Waals surface area contributed by atoms with Gasteiger partial charge in [-0.05, 0) is 46.2 Å². The maximum absolute atomic E-state index is 12.4. The van der Waals surface area contributed by atoms with E-state index in [1.165, 1.54) is 12.8 Å². The SMILES string of the molecule is CC(C)[C@H](N)C(=O)N(C[C@H]1CCCN1C)C(C)C. The maximum Gasteiger partial charge on any atom is 0.240 e. The summed E-state index contributed by atoms with van der Waals surface area (Å²) in [4.78, 5) is 16.7. The van der Waals surface area contributed by atoms with Gasteiger partial charge in [-0.2, -0.15) is 0 Å².